The first-order chi connectivity index (χ1) is 10.4. The second kappa shape index (κ2) is 5.47. The summed E-state index contributed by atoms with van der Waals surface area (Å²) in [6.45, 7) is 0. The van der Waals surface area contributed by atoms with Crippen molar-refractivity contribution in [3.05, 3.63) is 41.1 Å². The van der Waals surface area contributed by atoms with E-state index in [2.05, 4.69) is 15.2 Å². The van der Waals surface area contributed by atoms with E-state index in [1.54, 1.807) is 12.4 Å². The van der Waals surface area contributed by atoms with Crippen LogP contribution in [0.4, 0.5) is 13.2 Å². The fourth-order valence-corrected chi connectivity index (χ4v) is 3.01. The molecule has 0 radical (unpaired) electrons. The molecule has 3 aromatic heterocycles. The zero-order chi connectivity index (χ0) is 15.9. The number of aromatic nitrogens is 5. The number of rotatable bonds is 3. The predicted molar refractivity (Wildman–Crippen MR) is 75.8 cm³/mol. The number of hydrogen-bond donors (Lipinski definition) is 0. The van der Waals surface area contributed by atoms with Gasteiger partial charge in [0.1, 0.15) is 5.82 Å². The molecule has 0 atom stereocenters. The summed E-state index contributed by atoms with van der Waals surface area (Å²) >= 11 is 7.09. The van der Waals surface area contributed by atoms with Gasteiger partial charge in [0.25, 0.3) is 0 Å². The van der Waals surface area contributed by atoms with Gasteiger partial charge in [0.2, 0.25) is 0 Å². The molecule has 3 aromatic rings. The quantitative estimate of drug-likeness (QED) is 0.681. The van der Waals surface area contributed by atoms with Crippen LogP contribution in [0, 0.1) is 0 Å². The highest BCUT2D eigenvalue weighted by Gasteiger charge is 2.32. The van der Waals surface area contributed by atoms with E-state index in [4.69, 9.17) is 11.6 Å². The monoisotopic (exact) mass is 347 g/mol. The number of hydrogen-bond acceptors (Lipinski definition) is 4. The Kier molecular flexibility index (Phi) is 3.77. The molecule has 0 saturated heterocycles. The van der Waals surface area contributed by atoms with Gasteiger partial charge in [-0.05, 0) is 6.07 Å². The Bertz CT molecular complexity index is 826. The number of fused-ring (bicyclic) bond motifs is 1. The predicted octanol–water partition coefficient (Wildman–Crippen LogP) is 3.43. The normalized spacial score (nSPS) is 12.2. The molecule has 3 rings (SSSR count). The smallest absolute Gasteiger partial charge is 0.337 e. The van der Waals surface area contributed by atoms with Crippen LogP contribution in [0.2, 0.25) is 5.02 Å². The fraction of sp³-hybridized carbons (Fsp3) is 0.250. The maximum atomic E-state index is 12.9. The van der Waals surface area contributed by atoms with E-state index in [9.17, 15) is 13.2 Å². The van der Waals surface area contributed by atoms with Crippen molar-refractivity contribution < 1.29 is 13.2 Å². The number of thioether (sulfide) groups is 1. The van der Waals surface area contributed by atoms with E-state index in [0.717, 1.165) is 18.1 Å². The molecular formula is C12H9ClF3N5S. The van der Waals surface area contributed by atoms with Crippen LogP contribution in [0.5, 0.6) is 0 Å². The highest BCUT2D eigenvalue weighted by atomic mass is 35.5. The minimum Gasteiger partial charge on any atom is -0.337 e. The van der Waals surface area contributed by atoms with Crippen LogP contribution in [-0.4, -0.2) is 24.1 Å². The number of halogens is 4. The van der Waals surface area contributed by atoms with E-state index in [1.807, 2.05) is 11.6 Å². The van der Waals surface area contributed by atoms with E-state index in [1.165, 1.54) is 16.2 Å². The number of nitrogens with zero attached hydrogens (tertiary/aromatic N) is 5. The van der Waals surface area contributed by atoms with Crippen molar-refractivity contribution in [3.8, 4) is 0 Å². The first-order valence-electron chi connectivity index (χ1n) is 6.07. The Balaban J connectivity index is 1.96. The molecule has 0 bridgehead atoms. The topological polar surface area (TPSA) is 48.0 Å². The highest BCUT2D eigenvalue weighted by Crippen LogP contribution is 2.33. The Labute approximate surface area is 132 Å². The van der Waals surface area contributed by atoms with Crippen LogP contribution in [0.3, 0.4) is 0 Å². The molecule has 3 heterocycles. The summed E-state index contributed by atoms with van der Waals surface area (Å²) < 4.78 is 41.7. The summed E-state index contributed by atoms with van der Waals surface area (Å²) in [5.41, 5.74) is -0.652. The van der Waals surface area contributed by atoms with Gasteiger partial charge in [0.15, 0.2) is 10.8 Å². The van der Waals surface area contributed by atoms with Crippen molar-refractivity contribution in [2.24, 2.45) is 7.05 Å². The summed E-state index contributed by atoms with van der Waals surface area (Å²) in [4.78, 5) is 4.15. The molecule has 116 valence electrons. The van der Waals surface area contributed by atoms with Gasteiger partial charge in [0, 0.05) is 25.6 Å². The number of alkyl halides is 3. The molecule has 0 aliphatic carbocycles. The Morgan fingerprint density at radius 2 is 2.09 bits per heavy atom. The Morgan fingerprint density at radius 1 is 1.32 bits per heavy atom. The van der Waals surface area contributed by atoms with Gasteiger partial charge < -0.3 is 4.57 Å². The van der Waals surface area contributed by atoms with E-state index in [0.29, 0.717) is 10.9 Å². The lowest BCUT2D eigenvalue weighted by atomic mass is 10.3. The van der Waals surface area contributed by atoms with Crippen molar-refractivity contribution in [1.29, 1.82) is 0 Å². The lowest BCUT2D eigenvalue weighted by Crippen LogP contribution is -2.07. The van der Waals surface area contributed by atoms with E-state index >= 15 is 0 Å². The third-order valence-electron chi connectivity index (χ3n) is 3.01. The molecule has 0 N–H and O–H groups in total. The maximum absolute atomic E-state index is 12.9. The fourth-order valence-electron chi connectivity index (χ4n) is 1.85. The van der Waals surface area contributed by atoms with Crippen molar-refractivity contribution in [2.45, 2.75) is 17.1 Å². The molecule has 0 aromatic carbocycles. The lowest BCUT2D eigenvalue weighted by molar-refractivity contribution is -0.137. The number of imidazole rings is 1. The molecule has 0 fully saturated rings. The van der Waals surface area contributed by atoms with Crippen LogP contribution < -0.4 is 0 Å². The summed E-state index contributed by atoms with van der Waals surface area (Å²) in [6, 6.07) is 0.846. The van der Waals surface area contributed by atoms with Crippen LogP contribution in [0.15, 0.2) is 29.8 Å². The third kappa shape index (κ3) is 2.78. The van der Waals surface area contributed by atoms with Gasteiger partial charge in [-0.15, -0.1) is 10.2 Å². The van der Waals surface area contributed by atoms with E-state index in [-0.39, 0.29) is 10.7 Å². The summed E-state index contributed by atoms with van der Waals surface area (Å²) in [5.74, 6) is 1.23. The molecule has 0 spiro atoms. The van der Waals surface area contributed by atoms with E-state index < -0.39 is 11.7 Å². The molecule has 22 heavy (non-hydrogen) atoms. The highest BCUT2D eigenvalue weighted by molar-refractivity contribution is 7.98. The van der Waals surface area contributed by atoms with Crippen molar-refractivity contribution in [2.75, 3.05) is 0 Å². The molecule has 0 aliphatic heterocycles. The minimum atomic E-state index is -4.48. The Morgan fingerprint density at radius 3 is 2.73 bits per heavy atom. The van der Waals surface area contributed by atoms with Gasteiger partial charge in [0.05, 0.1) is 16.3 Å². The van der Waals surface area contributed by atoms with Crippen LogP contribution in [0.25, 0.3) is 5.65 Å². The minimum absolute atomic E-state index is 0.0915. The van der Waals surface area contributed by atoms with Crippen molar-refractivity contribution >= 4 is 29.0 Å². The first-order valence-corrected chi connectivity index (χ1v) is 7.43. The van der Waals surface area contributed by atoms with Gasteiger partial charge in [-0.1, -0.05) is 23.4 Å². The van der Waals surface area contributed by atoms with Gasteiger partial charge >= 0.3 is 6.18 Å². The van der Waals surface area contributed by atoms with Crippen LogP contribution in [-0.2, 0) is 19.0 Å². The van der Waals surface area contributed by atoms with Crippen molar-refractivity contribution in [3.63, 3.8) is 0 Å². The molecule has 0 amide bonds. The molecule has 0 aliphatic rings. The zero-order valence-corrected chi connectivity index (χ0v) is 12.7. The average Bonchev–Trinajstić information content (AvgIpc) is 3.02. The SMILES string of the molecule is Cn1ccnc1CSc1nnc2c(Cl)cc(C(F)(F)F)cn12. The van der Waals surface area contributed by atoms with Gasteiger partial charge in [-0.2, -0.15) is 13.2 Å². The number of aryl methyl sites for hydroxylation is 1. The largest absolute Gasteiger partial charge is 0.417 e. The third-order valence-corrected chi connectivity index (χ3v) is 4.22. The molecule has 10 heteroatoms. The zero-order valence-electron chi connectivity index (χ0n) is 11.2. The lowest BCUT2D eigenvalue weighted by Gasteiger charge is -2.08. The van der Waals surface area contributed by atoms with Crippen LogP contribution >= 0.6 is 23.4 Å². The van der Waals surface area contributed by atoms with Gasteiger partial charge in [-0.25, -0.2) is 4.98 Å². The van der Waals surface area contributed by atoms with Crippen LogP contribution in [0.1, 0.15) is 11.4 Å². The first kappa shape index (κ1) is 15.2. The molecular weight excluding hydrogens is 339 g/mol. The number of pyridine rings is 1. The average molecular weight is 348 g/mol. The standard InChI is InChI=1S/C12H9ClF3N5S/c1-20-3-2-17-9(20)6-22-11-19-18-10-8(13)4-7(5-21(10)11)12(14,15)16/h2-5H,6H2,1H3. The Hall–Kier alpha value is -1.74. The second-order valence-electron chi connectivity index (χ2n) is 4.49. The summed E-state index contributed by atoms with van der Waals surface area (Å²) in [6.07, 6.45) is -0.0986. The molecule has 5 nitrogen and oxygen atoms in total. The second-order valence-corrected chi connectivity index (χ2v) is 5.84. The molecule has 0 unspecified atom stereocenters. The summed E-state index contributed by atoms with van der Waals surface area (Å²) in [7, 11) is 1.84. The maximum Gasteiger partial charge on any atom is 0.417 e. The van der Waals surface area contributed by atoms with Crippen molar-refractivity contribution in [1.82, 2.24) is 24.1 Å². The van der Waals surface area contributed by atoms with Gasteiger partial charge in [-0.3, -0.25) is 4.40 Å². The summed E-state index contributed by atoms with van der Waals surface area (Å²) in [5, 5.41) is 7.96. The molecule has 0 saturated carbocycles.